The van der Waals surface area contributed by atoms with E-state index in [4.69, 9.17) is 5.73 Å². The minimum Gasteiger partial charge on any atom is -0.467 e. The van der Waals surface area contributed by atoms with Crippen LogP contribution in [0.1, 0.15) is 5.56 Å². The van der Waals surface area contributed by atoms with E-state index < -0.39 is 18.1 Å². The monoisotopic (exact) mass is 209 g/mol. The predicted octanol–water partition coefficient (Wildman–Crippen LogP) is 0.0903. The standard InChI is InChI=1S/C11H15NO3/c1-15-11(14)10(13)9(12)7-8-5-3-2-4-6-8/h2-6,9-10,13H,7,12H2,1H3/t9-,10?/m1/s1. The summed E-state index contributed by atoms with van der Waals surface area (Å²) in [7, 11) is 1.22. The van der Waals surface area contributed by atoms with Crippen molar-refractivity contribution in [1.29, 1.82) is 0 Å². The Morgan fingerprint density at radius 1 is 1.47 bits per heavy atom. The lowest BCUT2D eigenvalue weighted by Gasteiger charge is -2.16. The third-order valence-electron chi connectivity index (χ3n) is 2.16. The lowest BCUT2D eigenvalue weighted by molar-refractivity contribution is -0.151. The zero-order valence-corrected chi connectivity index (χ0v) is 8.59. The van der Waals surface area contributed by atoms with E-state index in [0.29, 0.717) is 6.42 Å². The fraction of sp³-hybridized carbons (Fsp3) is 0.364. The van der Waals surface area contributed by atoms with Crippen molar-refractivity contribution in [2.75, 3.05) is 7.11 Å². The molecule has 0 fully saturated rings. The second kappa shape index (κ2) is 5.48. The summed E-state index contributed by atoms with van der Waals surface area (Å²) in [5, 5.41) is 9.45. The first-order valence-corrected chi connectivity index (χ1v) is 4.70. The molecular formula is C11H15NO3. The first-order valence-electron chi connectivity index (χ1n) is 4.70. The maximum Gasteiger partial charge on any atom is 0.336 e. The number of benzene rings is 1. The number of esters is 1. The molecule has 0 amide bonds. The number of aliphatic hydroxyl groups is 1. The highest BCUT2D eigenvalue weighted by atomic mass is 16.5. The van der Waals surface area contributed by atoms with Gasteiger partial charge in [-0.25, -0.2) is 4.79 Å². The van der Waals surface area contributed by atoms with Gasteiger partial charge in [0.1, 0.15) is 0 Å². The van der Waals surface area contributed by atoms with Crippen LogP contribution in [-0.4, -0.2) is 30.3 Å². The zero-order valence-electron chi connectivity index (χ0n) is 8.59. The smallest absolute Gasteiger partial charge is 0.336 e. The van der Waals surface area contributed by atoms with Gasteiger partial charge in [-0.05, 0) is 12.0 Å². The number of hydrogen-bond donors (Lipinski definition) is 2. The molecule has 0 spiro atoms. The molecule has 15 heavy (non-hydrogen) atoms. The van der Waals surface area contributed by atoms with Crippen molar-refractivity contribution in [3.05, 3.63) is 35.9 Å². The van der Waals surface area contributed by atoms with Crippen molar-refractivity contribution >= 4 is 5.97 Å². The summed E-state index contributed by atoms with van der Waals surface area (Å²) in [5.74, 6) is -0.696. The largest absolute Gasteiger partial charge is 0.467 e. The van der Waals surface area contributed by atoms with Gasteiger partial charge in [-0.15, -0.1) is 0 Å². The topological polar surface area (TPSA) is 72.5 Å². The van der Waals surface area contributed by atoms with Crippen LogP contribution in [0.4, 0.5) is 0 Å². The molecule has 1 aromatic rings. The van der Waals surface area contributed by atoms with Gasteiger partial charge in [-0.3, -0.25) is 0 Å². The molecule has 0 saturated carbocycles. The highest BCUT2D eigenvalue weighted by molar-refractivity contribution is 5.75. The molecule has 0 heterocycles. The van der Waals surface area contributed by atoms with Crippen molar-refractivity contribution < 1.29 is 14.6 Å². The van der Waals surface area contributed by atoms with E-state index in [1.807, 2.05) is 30.3 Å². The van der Waals surface area contributed by atoms with Gasteiger partial charge in [0.2, 0.25) is 0 Å². The maximum atomic E-state index is 11.0. The van der Waals surface area contributed by atoms with E-state index in [1.165, 1.54) is 7.11 Å². The highest BCUT2D eigenvalue weighted by Gasteiger charge is 2.23. The Bertz CT molecular complexity index is 313. The van der Waals surface area contributed by atoms with E-state index >= 15 is 0 Å². The van der Waals surface area contributed by atoms with Crippen LogP contribution in [0.5, 0.6) is 0 Å². The van der Waals surface area contributed by atoms with Crippen molar-refractivity contribution in [3.63, 3.8) is 0 Å². The van der Waals surface area contributed by atoms with Crippen molar-refractivity contribution in [3.8, 4) is 0 Å². The fourth-order valence-corrected chi connectivity index (χ4v) is 1.29. The van der Waals surface area contributed by atoms with Crippen LogP contribution in [0.25, 0.3) is 0 Å². The molecule has 4 heteroatoms. The third-order valence-corrected chi connectivity index (χ3v) is 2.16. The van der Waals surface area contributed by atoms with Gasteiger partial charge in [0.05, 0.1) is 7.11 Å². The molecule has 1 aromatic carbocycles. The Kier molecular flexibility index (Phi) is 4.27. The van der Waals surface area contributed by atoms with Gasteiger partial charge in [-0.1, -0.05) is 30.3 Å². The van der Waals surface area contributed by atoms with Crippen LogP contribution in [-0.2, 0) is 16.0 Å². The normalized spacial score (nSPS) is 14.3. The van der Waals surface area contributed by atoms with Crippen molar-refractivity contribution in [1.82, 2.24) is 0 Å². The second-order valence-corrected chi connectivity index (χ2v) is 3.32. The zero-order chi connectivity index (χ0) is 11.3. The lowest BCUT2D eigenvalue weighted by Crippen LogP contribution is -2.42. The summed E-state index contributed by atoms with van der Waals surface area (Å²) in [5.41, 5.74) is 6.65. The number of carbonyl (C=O) groups excluding carboxylic acids is 1. The van der Waals surface area contributed by atoms with E-state index in [2.05, 4.69) is 4.74 Å². The molecule has 1 rings (SSSR count). The molecule has 0 aliphatic rings. The van der Waals surface area contributed by atoms with Gasteiger partial charge in [0.15, 0.2) is 6.10 Å². The molecule has 4 nitrogen and oxygen atoms in total. The number of rotatable bonds is 4. The molecular weight excluding hydrogens is 194 g/mol. The molecule has 1 unspecified atom stereocenters. The average molecular weight is 209 g/mol. The SMILES string of the molecule is COC(=O)C(O)[C@H](N)Cc1ccccc1. The third kappa shape index (κ3) is 3.34. The lowest BCUT2D eigenvalue weighted by atomic mass is 10.0. The minimum atomic E-state index is -1.27. The summed E-state index contributed by atoms with van der Waals surface area (Å²) >= 11 is 0. The van der Waals surface area contributed by atoms with Crippen LogP contribution < -0.4 is 5.73 Å². The van der Waals surface area contributed by atoms with Gasteiger partial charge in [0.25, 0.3) is 0 Å². The Morgan fingerprint density at radius 3 is 2.60 bits per heavy atom. The molecule has 0 saturated heterocycles. The van der Waals surface area contributed by atoms with E-state index in [-0.39, 0.29) is 0 Å². The minimum absolute atomic E-state index is 0.442. The summed E-state index contributed by atoms with van der Waals surface area (Å²) in [4.78, 5) is 11.0. The number of carbonyl (C=O) groups is 1. The fourth-order valence-electron chi connectivity index (χ4n) is 1.29. The molecule has 0 aromatic heterocycles. The molecule has 82 valence electrons. The molecule has 0 aliphatic carbocycles. The maximum absolute atomic E-state index is 11.0. The first kappa shape index (κ1) is 11.7. The average Bonchev–Trinajstić information content (AvgIpc) is 2.28. The van der Waals surface area contributed by atoms with Crippen molar-refractivity contribution in [2.45, 2.75) is 18.6 Å². The van der Waals surface area contributed by atoms with Gasteiger partial charge < -0.3 is 15.6 Å². The number of hydrogen-bond acceptors (Lipinski definition) is 4. The quantitative estimate of drug-likeness (QED) is 0.689. The number of aliphatic hydroxyl groups excluding tert-OH is 1. The first-order chi connectivity index (χ1) is 7.15. The molecule has 2 atom stereocenters. The predicted molar refractivity (Wildman–Crippen MR) is 56.1 cm³/mol. The Labute approximate surface area is 88.7 Å². The van der Waals surface area contributed by atoms with Crippen LogP contribution in [0.3, 0.4) is 0 Å². The summed E-state index contributed by atoms with van der Waals surface area (Å²) in [6.07, 6.45) is -0.827. The highest BCUT2D eigenvalue weighted by Crippen LogP contribution is 2.05. The number of ether oxygens (including phenoxy) is 1. The Hall–Kier alpha value is -1.39. The molecule has 0 bridgehead atoms. The summed E-state index contributed by atoms with van der Waals surface area (Å²) in [6.45, 7) is 0. The Morgan fingerprint density at radius 2 is 2.07 bits per heavy atom. The van der Waals surface area contributed by atoms with Crippen LogP contribution in [0.2, 0.25) is 0 Å². The van der Waals surface area contributed by atoms with E-state index in [0.717, 1.165) is 5.56 Å². The van der Waals surface area contributed by atoms with Gasteiger partial charge in [0, 0.05) is 6.04 Å². The molecule has 0 radical (unpaired) electrons. The summed E-state index contributed by atoms with van der Waals surface area (Å²) in [6, 6.07) is 8.80. The van der Waals surface area contributed by atoms with Crippen LogP contribution >= 0.6 is 0 Å². The van der Waals surface area contributed by atoms with Gasteiger partial charge >= 0.3 is 5.97 Å². The van der Waals surface area contributed by atoms with Crippen molar-refractivity contribution in [2.24, 2.45) is 5.73 Å². The van der Waals surface area contributed by atoms with Gasteiger partial charge in [-0.2, -0.15) is 0 Å². The Balaban J connectivity index is 2.56. The van der Waals surface area contributed by atoms with Crippen LogP contribution in [0.15, 0.2) is 30.3 Å². The van der Waals surface area contributed by atoms with E-state index in [1.54, 1.807) is 0 Å². The van der Waals surface area contributed by atoms with E-state index in [9.17, 15) is 9.90 Å². The molecule has 0 aliphatic heterocycles. The summed E-state index contributed by atoms with van der Waals surface area (Å²) < 4.78 is 4.40. The number of methoxy groups -OCH3 is 1. The molecule has 3 N–H and O–H groups in total. The number of nitrogens with two attached hydrogens (primary N) is 1. The second-order valence-electron chi connectivity index (χ2n) is 3.32. The van der Waals surface area contributed by atoms with Crippen LogP contribution in [0, 0.1) is 0 Å².